The van der Waals surface area contributed by atoms with Crippen LogP contribution in [0.15, 0.2) is 53.7 Å². The number of hydrogen-bond acceptors (Lipinski definition) is 6. The molecule has 0 aliphatic carbocycles. The predicted molar refractivity (Wildman–Crippen MR) is 140 cm³/mol. The molecule has 37 heavy (non-hydrogen) atoms. The van der Waals surface area contributed by atoms with E-state index in [9.17, 15) is 23.2 Å². The zero-order chi connectivity index (χ0) is 27.3. The molecule has 2 amide bonds. The van der Waals surface area contributed by atoms with Gasteiger partial charge in [-0.1, -0.05) is 51.4 Å². The molecule has 1 aliphatic rings. The molecule has 1 N–H and O–H groups in total. The molecule has 0 atom stereocenters. The lowest BCUT2D eigenvalue weighted by atomic mass is 9.87. The molecule has 0 saturated heterocycles. The molecule has 194 valence electrons. The fraction of sp³-hybridized carbons (Fsp3) is 0.269. The minimum Gasteiger partial charge on any atom is -0.619 e. The van der Waals surface area contributed by atoms with Crippen LogP contribution in [-0.2, 0) is 21.9 Å². The Morgan fingerprint density at radius 2 is 1.65 bits per heavy atom. The van der Waals surface area contributed by atoms with E-state index in [0.29, 0.717) is 16.7 Å². The van der Waals surface area contributed by atoms with Gasteiger partial charge in [-0.2, -0.15) is 4.73 Å². The first-order chi connectivity index (χ1) is 17.3. The average molecular weight is 544 g/mol. The largest absolute Gasteiger partial charge is 0.619 e. The van der Waals surface area contributed by atoms with E-state index in [1.807, 2.05) is 20.8 Å². The van der Waals surface area contributed by atoms with Crippen LogP contribution < -0.4 is 19.1 Å². The zero-order valence-corrected chi connectivity index (χ0v) is 22.5. The summed E-state index contributed by atoms with van der Waals surface area (Å²) in [6.07, 6.45) is 2.64. The first-order valence-corrected chi connectivity index (χ1v) is 13.3. The number of amides is 2. The van der Waals surface area contributed by atoms with Gasteiger partial charge < -0.3 is 9.94 Å². The van der Waals surface area contributed by atoms with Gasteiger partial charge in [0, 0.05) is 5.56 Å². The Morgan fingerprint density at radius 3 is 2.22 bits per heavy atom. The SMILES string of the molecule is CCc1c(OC)c[n+]([O-])cc1N1C(=O)c2c(Cl)ccc(NS(=O)(=O)c3ccc(C(C)(C)C)cc3)c2C1=O. The van der Waals surface area contributed by atoms with Crippen molar-refractivity contribution < 1.29 is 27.5 Å². The highest BCUT2D eigenvalue weighted by Crippen LogP contribution is 2.40. The van der Waals surface area contributed by atoms with Crippen LogP contribution in [0.4, 0.5) is 11.4 Å². The Hall–Kier alpha value is -3.63. The molecule has 3 aromatic rings. The fourth-order valence-corrected chi connectivity index (χ4v) is 5.56. The third kappa shape index (κ3) is 4.62. The van der Waals surface area contributed by atoms with E-state index >= 15 is 0 Å². The molecule has 0 spiro atoms. The highest BCUT2D eigenvalue weighted by atomic mass is 35.5. The van der Waals surface area contributed by atoms with Crippen LogP contribution in [0, 0.1) is 5.21 Å². The summed E-state index contributed by atoms with van der Waals surface area (Å²) < 4.78 is 34.5. The van der Waals surface area contributed by atoms with Crippen LogP contribution in [0.3, 0.4) is 0 Å². The van der Waals surface area contributed by atoms with Gasteiger partial charge in [-0.3, -0.25) is 14.3 Å². The van der Waals surface area contributed by atoms with Gasteiger partial charge in [-0.15, -0.1) is 0 Å². The lowest BCUT2D eigenvalue weighted by molar-refractivity contribution is -0.605. The molecule has 2 heterocycles. The van der Waals surface area contributed by atoms with E-state index in [1.165, 1.54) is 37.6 Å². The van der Waals surface area contributed by atoms with Gasteiger partial charge in [0.1, 0.15) is 5.69 Å². The molecule has 0 bridgehead atoms. The zero-order valence-electron chi connectivity index (χ0n) is 21.0. The molecule has 2 aromatic carbocycles. The van der Waals surface area contributed by atoms with Crippen molar-refractivity contribution in [3.63, 3.8) is 0 Å². The second kappa shape index (κ2) is 9.35. The summed E-state index contributed by atoms with van der Waals surface area (Å²) in [5.74, 6) is -1.38. The van der Waals surface area contributed by atoms with Crippen molar-refractivity contribution >= 4 is 44.8 Å². The summed E-state index contributed by atoms with van der Waals surface area (Å²) in [6, 6.07) is 9.09. The van der Waals surface area contributed by atoms with Crippen LogP contribution >= 0.6 is 11.6 Å². The third-order valence-electron chi connectivity index (χ3n) is 6.18. The molecule has 0 radical (unpaired) electrons. The number of hydrogen-bond donors (Lipinski definition) is 1. The molecule has 0 fully saturated rings. The lowest BCUT2D eigenvalue weighted by Gasteiger charge is -2.19. The minimum atomic E-state index is -4.11. The normalized spacial score (nSPS) is 13.6. The number of methoxy groups -OCH3 is 1. The topological polar surface area (TPSA) is 120 Å². The number of pyridine rings is 1. The van der Waals surface area contributed by atoms with Crippen molar-refractivity contribution in [3.05, 3.63) is 81.3 Å². The number of halogens is 1. The molecule has 0 saturated carbocycles. The van der Waals surface area contributed by atoms with Crippen LogP contribution in [-0.4, -0.2) is 27.3 Å². The number of ether oxygens (including phenoxy) is 1. The van der Waals surface area contributed by atoms with E-state index < -0.39 is 21.8 Å². The van der Waals surface area contributed by atoms with E-state index in [0.717, 1.165) is 16.7 Å². The maximum Gasteiger partial charge on any atom is 0.268 e. The number of anilines is 2. The van der Waals surface area contributed by atoms with Gasteiger partial charge in [0.2, 0.25) is 12.4 Å². The van der Waals surface area contributed by atoms with Crippen LogP contribution in [0.25, 0.3) is 0 Å². The Labute approximate surface area is 220 Å². The summed E-state index contributed by atoms with van der Waals surface area (Å²) in [5, 5.41) is 12.2. The lowest BCUT2D eigenvalue weighted by Crippen LogP contribution is -2.35. The van der Waals surface area contributed by atoms with Crippen LogP contribution in [0.2, 0.25) is 5.02 Å². The van der Waals surface area contributed by atoms with Gasteiger partial charge in [-0.05, 0) is 41.7 Å². The number of nitrogens with one attached hydrogen (secondary N) is 1. The average Bonchev–Trinajstić information content (AvgIpc) is 3.10. The Balaban J connectivity index is 1.79. The smallest absolute Gasteiger partial charge is 0.268 e. The number of fused-ring (bicyclic) bond motifs is 1. The number of carbonyl (C=O) groups is 2. The molecule has 11 heteroatoms. The van der Waals surface area contributed by atoms with E-state index in [2.05, 4.69) is 4.72 Å². The third-order valence-corrected chi connectivity index (χ3v) is 7.87. The second-order valence-electron chi connectivity index (χ2n) is 9.57. The highest BCUT2D eigenvalue weighted by Gasteiger charge is 2.43. The van der Waals surface area contributed by atoms with Crippen molar-refractivity contribution in [2.75, 3.05) is 16.7 Å². The summed E-state index contributed by atoms with van der Waals surface area (Å²) in [7, 11) is -2.74. The van der Waals surface area contributed by atoms with Crippen molar-refractivity contribution in [1.82, 2.24) is 0 Å². The number of benzene rings is 2. The predicted octanol–water partition coefficient (Wildman–Crippen LogP) is 4.44. The standard InChI is InChI=1S/C26H26ClN3O6S/c1-6-17-20(13-29(33)14-21(17)36-5)30-24(31)22-18(27)11-12-19(23(22)25(30)32)28-37(34,35)16-9-7-15(8-10-16)26(2,3)4/h7-14,28H,6H2,1-5H3. The monoisotopic (exact) mass is 543 g/mol. The van der Waals surface area contributed by atoms with Gasteiger partial charge in [-0.25, -0.2) is 13.3 Å². The minimum absolute atomic E-state index is 0.00806. The second-order valence-corrected chi connectivity index (χ2v) is 11.7. The van der Waals surface area contributed by atoms with Crippen molar-refractivity contribution in [3.8, 4) is 5.75 Å². The van der Waals surface area contributed by atoms with Gasteiger partial charge in [0.15, 0.2) is 5.75 Å². The van der Waals surface area contributed by atoms with Crippen molar-refractivity contribution in [1.29, 1.82) is 0 Å². The van der Waals surface area contributed by atoms with Crippen LogP contribution in [0.1, 0.15) is 59.5 Å². The van der Waals surface area contributed by atoms with Gasteiger partial charge in [0.25, 0.3) is 21.8 Å². The number of carbonyl (C=O) groups excluding carboxylic acids is 2. The molecule has 4 rings (SSSR count). The molecule has 1 aliphatic heterocycles. The van der Waals surface area contributed by atoms with E-state index in [1.54, 1.807) is 19.1 Å². The molecule has 9 nitrogen and oxygen atoms in total. The molecular weight excluding hydrogens is 518 g/mol. The Kier molecular flexibility index (Phi) is 6.68. The molecular formula is C26H26ClN3O6S. The maximum absolute atomic E-state index is 13.6. The highest BCUT2D eigenvalue weighted by molar-refractivity contribution is 7.92. The van der Waals surface area contributed by atoms with E-state index in [-0.39, 0.29) is 43.6 Å². The number of rotatable bonds is 6. The molecule has 1 aromatic heterocycles. The van der Waals surface area contributed by atoms with Crippen molar-refractivity contribution in [2.45, 2.75) is 44.4 Å². The molecule has 0 unspecified atom stereocenters. The van der Waals surface area contributed by atoms with Gasteiger partial charge in [0.05, 0.1) is 33.8 Å². The number of nitrogens with zero attached hydrogens (tertiary/aromatic N) is 2. The maximum atomic E-state index is 13.6. The van der Waals surface area contributed by atoms with E-state index in [4.69, 9.17) is 16.3 Å². The quantitative estimate of drug-likeness (QED) is 0.279. The van der Waals surface area contributed by atoms with Crippen molar-refractivity contribution in [2.24, 2.45) is 0 Å². The number of sulfonamides is 1. The summed E-state index contributed by atoms with van der Waals surface area (Å²) >= 11 is 6.30. The first-order valence-electron chi connectivity index (χ1n) is 11.4. The summed E-state index contributed by atoms with van der Waals surface area (Å²) in [4.78, 5) is 27.8. The Bertz CT molecular complexity index is 1530. The van der Waals surface area contributed by atoms with Gasteiger partial charge >= 0.3 is 0 Å². The first kappa shape index (κ1) is 26.4. The van der Waals surface area contributed by atoms with Crippen LogP contribution in [0.5, 0.6) is 5.75 Å². The summed E-state index contributed by atoms with van der Waals surface area (Å²) in [6.45, 7) is 7.83. The Morgan fingerprint density at radius 1 is 1.03 bits per heavy atom. The summed E-state index contributed by atoms with van der Waals surface area (Å²) in [5.41, 5.74) is 0.828. The number of imide groups is 1. The fourth-order valence-electron chi connectivity index (χ4n) is 4.25. The number of aromatic nitrogens is 1.